The molecule has 0 unspecified atom stereocenters. The third-order valence-electron chi connectivity index (χ3n) is 11.8. The molecule has 3 heterocycles. The second-order valence-corrected chi connectivity index (χ2v) is 14.4. The molecule has 7 aromatic carbocycles. The minimum Gasteiger partial charge on any atom is -0.379 e. The summed E-state index contributed by atoms with van der Waals surface area (Å²) < 4.78 is 0. The molecule has 3 heteroatoms. The number of hydrogen-bond acceptors (Lipinski definition) is 3. The summed E-state index contributed by atoms with van der Waals surface area (Å²) in [5, 5.41) is 8.28. The van der Waals surface area contributed by atoms with E-state index >= 15 is 0 Å². The first-order chi connectivity index (χ1) is 26.3. The Bertz CT molecular complexity index is 3030. The summed E-state index contributed by atoms with van der Waals surface area (Å²) in [6, 6.07) is 57.9. The van der Waals surface area contributed by atoms with Crippen LogP contribution in [0.15, 0.2) is 164 Å². The summed E-state index contributed by atoms with van der Waals surface area (Å²) in [4.78, 5) is 10.7. The molecule has 9 aromatic rings. The quantitative estimate of drug-likeness (QED) is 0.186. The lowest BCUT2D eigenvalue weighted by molar-refractivity contribution is 0.794. The largest absolute Gasteiger partial charge is 0.379 e. The third kappa shape index (κ3) is 3.78. The van der Waals surface area contributed by atoms with E-state index in [0.717, 1.165) is 56.6 Å². The van der Waals surface area contributed by atoms with Crippen molar-refractivity contribution in [2.45, 2.75) is 5.41 Å². The average Bonchev–Trinajstić information content (AvgIpc) is 3.71. The highest BCUT2D eigenvalue weighted by atomic mass is 14.9. The molecule has 53 heavy (non-hydrogen) atoms. The van der Waals surface area contributed by atoms with Gasteiger partial charge >= 0.3 is 0 Å². The molecule has 3 nitrogen and oxygen atoms in total. The summed E-state index contributed by atoms with van der Waals surface area (Å²) in [7, 11) is 0. The Labute approximate surface area is 307 Å². The molecule has 2 aliphatic carbocycles. The van der Waals surface area contributed by atoms with Gasteiger partial charge in [-0.05, 0) is 68.3 Å². The van der Waals surface area contributed by atoms with Crippen LogP contribution in [0, 0.1) is 0 Å². The van der Waals surface area contributed by atoms with Gasteiger partial charge in [0.15, 0.2) is 0 Å². The molecule has 1 aliphatic heterocycles. The summed E-state index contributed by atoms with van der Waals surface area (Å²) in [5.41, 5.74) is 18.6. The predicted molar refractivity (Wildman–Crippen MR) is 219 cm³/mol. The van der Waals surface area contributed by atoms with Crippen molar-refractivity contribution in [3.8, 4) is 44.8 Å². The third-order valence-corrected chi connectivity index (χ3v) is 11.8. The summed E-state index contributed by atoms with van der Waals surface area (Å²) >= 11 is 0. The molecule has 1 N–H and O–H groups in total. The van der Waals surface area contributed by atoms with Crippen LogP contribution in [0.1, 0.15) is 27.8 Å². The van der Waals surface area contributed by atoms with Gasteiger partial charge in [-0.15, -0.1) is 0 Å². The van der Waals surface area contributed by atoms with E-state index < -0.39 is 5.41 Å². The standard InChI is InChI=1S/C50H31N3/c1-5-18-39-34(14-1)35-15-2-6-19-40(35)50(39)41-20-7-3-16-36(41)46-42(50)26-25-38-45(46)37-17-4-8-21-44(37)53-47(38)33-12-9-11-32(29-33)43-27-24-31-23-22-30-13-10-28-51-48(30)49(31)52-43/h1-27,29,51H,28H2. The van der Waals surface area contributed by atoms with E-state index in [0.29, 0.717) is 0 Å². The first-order valence-corrected chi connectivity index (χ1v) is 18.4. The second kappa shape index (κ2) is 10.6. The van der Waals surface area contributed by atoms with Gasteiger partial charge in [0.05, 0.1) is 33.5 Å². The zero-order valence-electron chi connectivity index (χ0n) is 28.8. The van der Waals surface area contributed by atoms with Gasteiger partial charge in [-0.1, -0.05) is 152 Å². The second-order valence-electron chi connectivity index (χ2n) is 14.4. The molecule has 0 bridgehead atoms. The van der Waals surface area contributed by atoms with Crippen molar-refractivity contribution in [2.75, 3.05) is 11.9 Å². The van der Waals surface area contributed by atoms with Crippen molar-refractivity contribution >= 4 is 44.3 Å². The lowest BCUT2D eigenvalue weighted by atomic mass is 9.70. The average molecular weight is 674 g/mol. The Morgan fingerprint density at radius 2 is 1.23 bits per heavy atom. The molecule has 3 aliphatic rings. The molecular formula is C50H31N3. The minimum absolute atomic E-state index is 0.399. The maximum atomic E-state index is 5.42. The maximum Gasteiger partial charge on any atom is 0.0947 e. The lowest BCUT2D eigenvalue weighted by Gasteiger charge is -2.30. The summed E-state index contributed by atoms with van der Waals surface area (Å²) in [6.07, 6.45) is 4.33. The van der Waals surface area contributed by atoms with Crippen LogP contribution in [0.4, 0.5) is 5.69 Å². The molecule has 1 spiro atoms. The van der Waals surface area contributed by atoms with Crippen LogP contribution in [0.3, 0.4) is 0 Å². The van der Waals surface area contributed by atoms with Gasteiger partial charge in [0.1, 0.15) is 0 Å². The highest BCUT2D eigenvalue weighted by molar-refractivity contribution is 6.20. The summed E-state index contributed by atoms with van der Waals surface area (Å²) in [6.45, 7) is 0.808. The fourth-order valence-corrected chi connectivity index (χ4v) is 9.71. The fraction of sp³-hybridized carbons (Fsp3) is 0.0400. The molecule has 0 atom stereocenters. The number of pyridine rings is 2. The normalized spacial score (nSPS) is 14.2. The molecule has 0 fully saturated rings. The lowest BCUT2D eigenvalue weighted by Crippen LogP contribution is -2.25. The zero-order chi connectivity index (χ0) is 34.7. The van der Waals surface area contributed by atoms with Crippen LogP contribution < -0.4 is 5.32 Å². The van der Waals surface area contributed by atoms with E-state index in [1.807, 2.05) is 0 Å². The summed E-state index contributed by atoms with van der Waals surface area (Å²) in [5.74, 6) is 0. The van der Waals surface area contributed by atoms with Gasteiger partial charge in [0.25, 0.3) is 0 Å². The number of anilines is 1. The molecule has 0 radical (unpaired) electrons. The zero-order valence-corrected chi connectivity index (χ0v) is 28.8. The van der Waals surface area contributed by atoms with Crippen molar-refractivity contribution in [3.05, 3.63) is 192 Å². The Kier molecular flexibility index (Phi) is 5.76. The number of para-hydroxylation sites is 1. The number of nitrogens with zero attached hydrogens (tertiary/aromatic N) is 2. The first kappa shape index (κ1) is 28.8. The smallest absolute Gasteiger partial charge is 0.0947 e. The molecule has 0 amide bonds. The van der Waals surface area contributed by atoms with E-state index in [4.69, 9.17) is 9.97 Å². The Hall–Kier alpha value is -6.84. The number of rotatable bonds is 2. The van der Waals surface area contributed by atoms with Crippen molar-refractivity contribution in [2.24, 2.45) is 0 Å². The number of nitrogens with one attached hydrogen (secondary N) is 1. The number of hydrogen-bond donors (Lipinski definition) is 1. The van der Waals surface area contributed by atoms with E-state index in [1.165, 1.54) is 60.8 Å². The van der Waals surface area contributed by atoms with Crippen LogP contribution in [-0.4, -0.2) is 16.5 Å². The monoisotopic (exact) mass is 673 g/mol. The molecule has 2 aromatic heterocycles. The molecular weight excluding hydrogens is 643 g/mol. The highest BCUT2D eigenvalue weighted by Gasteiger charge is 2.52. The number of aromatic nitrogens is 2. The van der Waals surface area contributed by atoms with E-state index in [2.05, 4.69) is 175 Å². The molecule has 0 saturated carbocycles. The van der Waals surface area contributed by atoms with Gasteiger partial charge in [-0.25, -0.2) is 9.97 Å². The van der Waals surface area contributed by atoms with Crippen LogP contribution in [0.5, 0.6) is 0 Å². The number of benzene rings is 7. The van der Waals surface area contributed by atoms with Crippen LogP contribution in [-0.2, 0) is 5.41 Å². The van der Waals surface area contributed by atoms with Crippen molar-refractivity contribution in [1.82, 2.24) is 9.97 Å². The fourth-order valence-electron chi connectivity index (χ4n) is 9.71. The van der Waals surface area contributed by atoms with Crippen LogP contribution in [0.2, 0.25) is 0 Å². The van der Waals surface area contributed by atoms with Crippen LogP contribution >= 0.6 is 0 Å². The van der Waals surface area contributed by atoms with Crippen molar-refractivity contribution < 1.29 is 0 Å². The van der Waals surface area contributed by atoms with Crippen molar-refractivity contribution in [3.63, 3.8) is 0 Å². The van der Waals surface area contributed by atoms with Gasteiger partial charge in [0, 0.05) is 39.2 Å². The van der Waals surface area contributed by atoms with Gasteiger partial charge in [-0.2, -0.15) is 0 Å². The Balaban J connectivity index is 1.13. The van der Waals surface area contributed by atoms with Gasteiger partial charge in [-0.3, -0.25) is 0 Å². The van der Waals surface area contributed by atoms with E-state index in [9.17, 15) is 0 Å². The number of fused-ring (bicyclic) bond motifs is 17. The van der Waals surface area contributed by atoms with Crippen molar-refractivity contribution in [1.29, 1.82) is 0 Å². The topological polar surface area (TPSA) is 37.8 Å². The van der Waals surface area contributed by atoms with E-state index in [1.54, 1.807) is 0 Å². The SMILES string of the molecule is C1=Cc2ccc3ccc(-c4cccc(-c5nc6ccccc6c6c7c(ccc56)C5(c6ccccc6-c6ccccc65)c5ccccc5-7)c4)nc3c2NC1. The van der Waals surface area contributed by atoms with E-state index in [-0.39, 0.29) is 0 Å². The molecule has 12 rings (SSSR count). The maximum absolute atomic E-state index is 5.42. The Morgan fingerprint density at radius 3 is 2.06 bits per heavy atom. The Morgan fingerprint density at radius 1 is 0.528 bits per heavy atom. The van der Waals surface area contributed by atoms with Gasteiger partial charge < -0.3 is 5.32 Å². The first-order valence-electron chi connectivity index (χ1n) is 18.4. The minimum atomic E-state index is -0.399. The van der Waals surface area contributed by atoms with Gasteiger partial charge in [0.2, 0.25) is 0 Å². The molecule has 246 valence electrons. The molecule has 0 saturated heterocycles. The van der Waals surface area contributed by atoms with Crippen LogP contribution in [0.25, 0.3) is 83.4 Å². The highest BCUT2D eigenvalue weighted by Crippen LogP contribution is 2.64. The predicted octanol–water partition coefficient (Wildman–Crippen LogP) is 12.1.